The molecule has 6 heteroatoms. The zero-order chi connectivity index (χ0) is 23.4. The van der Waals surface area contributed by atoms with E-state index in [4.69, 9.17) is 16.3 Å². The molecule has 0 unspecified atom stereocenters. The van der Waals surface area contributed by atoms with Crippen molar-refractivity contribution in [3.63, 3.8) is 0 Å². The number of hydrogen-bond acceptors (Lipinski definition) is 5. The van der Waals surface area contributed by atoms with Crippen LogP contribution in [0.5, 0.6) is 0 Å². The van der Waals surface area contributed by atoms with Crippen LogP contribution in [0.1, 0.15) is 53.7 Å². The molecule has 0 radical (unpaired) electrons. The molecule has 0 saturated carbocycles. The summed E-state index contributed by atoms with van der Waals surface area (Å²) in [6, 6.07) is 8.50. The average Bonchev–Trinajstić information content (AvgIpc) is 3.28. The van der Waals surface area contributed by atoms with Gasteiger partial charge in [-0.3, -0.25) is 9.69 Å². The van der Waals surface area contributed by atoms with Gasteiger partial charge in [-0.1, -0.05) is 32.0 Å². The van der Waals surface area contributed by atoms with Crippen LogP contribution in [-0.4, -0.2) is 61.1 Å². The molecular weight excluding hydrogens is 424 g/mol. The van der Waals surface area contributed by atoms with Gasteiger partial charge in [-0.25, -0.2) is 9.83 Å². The van der Waals surface area contributed by atoms with E-state index >= 15 is 0 Å². The van der Waals surface area contributed by atoms with Crippen molar-refractivity contribution in [2.75, 3.05) is 44.3 Å². The first-order chi connectivity index (χ1) is 16.5. The fourth-order valence-electron chi connectivity index (χ4n) is 6.29. The molecule has 1 aromatic heterocycles. The van der Waals surface area contributed by atoms with E-state index in [0.29, 0.717) is 11.7 Å². The fraction of sp³-hybridized carbons (Fsp3) is 0.464. The zero-order valence-electron chi connectivity index (χ0n) is 19.9. The van der Waals surface area contributed by atoms with E-state index in [2.05, 4.69) is 34.6 Å². The highest BCUT2D eigenvalue weighted by molar-refractivity contribution is 6.33. The molecule has 0 amide bonds. The largest absolute Gasteiger partial charge is 0.379 e. The van der Waals surface area contributed by atoms with Crippen LogP contribution in [0.4, 0.5) is 11.5 Å². The van der Waals surface area contributed by atoms with Crippen LogP contribution < -0.4 is 4.90 Å². The number of pyridine rings is 1. The van der Waals surface area contributed by atoms with Crippen LogP contribution in [0.3, 0.4) is 0 Å². The minimum atomic E-state index is -0.264. The molecule has 0 spiro atoms. The van der Waals surface area contributed by atoms with Gasteiger partial charge in [0, 0.05) is 55.0 Å². The summed E-state index contributed by atoms with van der Waals surface area (Å²) in [7, 11) is 0. The molecule has 34 heavy (non-hydrogen) atoms. The Morgan fingerprint density at radius 2 is 1.85 bits per heavy atom. The number of morpholine rings is 1. The molecule has 6 nitrogen and oxygen atoms in total. The van der Waals surface area contributed by atoms with Crippen molar-refractivity contribution < 1.29 is 9.53 Å². The number of rotatable bonds is 2. The highest BCUT2D eigenvalue weighted by Gasteiger charge is 2.43. The second-order valence-electron chi connectivity index (χ2n) is 10.4. The summed E-state index contributed by atoms with van der Waals surface area (Å²) in [6.45, 7) is 17.5. The predicted octanol–water partition coefficient (Wildman–Crippen LogP) is 4.42. The number of ketones is 1. The monoisotopic (exact) mass is 454 g/mol. The number of Topliss-reactive ketones (excluding diaryl/α,β-unsaturated/α-hetero) is 1. The molecule has 6 rings (SSSR count). The third-order valence-electron chi connectivity index (χ3n) is 8.30. The van der Waals surface area contributed by atoms with E-state index < -0.39 is 0 Å². The summed E-state index contributed by atoms with van der Waals surface area (Å²) in [5.41, 5.74) is 6.24. The van der Waals surface area contributed by atoms with Gasteiger partial charge < -0.3 is 9.64 Å². The maximum atomic E-state index is 13.6. The molecule has 2 aromatic rings. The van der Waals surface area contributed by atoms with Crippen molar-refractivity contribution in [3.05, 3.63) is 69.7 Å². The Hall–Kier alpha value is -3.01. The van der Waals surface area contributed by atoms with Crippen molar-refractivity contribution in [2.24, 2.45) is 0 Å². The Morgan fingerprint density at radius 1 is 1.09 bits per heavy atom. The smallest absolute Gasteiger partial charge is 0.195 e. The Morgan fingerprint density at radius 3 is 2.59 bits per heavy atom. The summed E-state index contributed by atoms with van der Waals surface area (Å²) in [4.78, 5) is 26.9. The first-order valence-corrected chi connectivity index (χ1v) is 12.3. The number of benzene rings is 1. The second kappa shape index (κ2) is 8.04. The van der Waals surface area contributed by atoms with Gasteiger partial charge in [0.15, 0.2) is 11.5 Å². The number of fused-ring (bicyclic) bond motifs is 3. The number of aromatic nitrogens is 1. The van der Waals surface area contributed by atoms with Gasteiger partial charge in [-0.05, 0) is 47.6 Å². The van der Waals surface area contributed by atoms with E-state index in [9.17, 15) is 4.79 Å². The van der Waals surface area contributed by atoms with Crippen LogP contribution in [0.25, 0.3) is 10.4 Å². The number of hydrogen-bond donors (Lipinski definition) is 0. The first kappa shape index (κ1) is 21.5. The van der Waals surface area contributed by atoms with E-state index in [-0.39, 0.29) is 11.2 Å². The second-order valence-corrected chi connectivity index (χ2v) is 10.4. The Kier molecular flexibility index (Phi) is 5.09. The number of carbonyl (C=O) groups excluding carboxylic acids is 1. The Balaban J connectivity index is 1.27. The summed E-state index contributed by atoms with van der Waals surface area (Å²) in [5.74, 6) is 1.05. The number of piperidine rings is 1. The van der Waals surface area contributed by atoms with Gasteiger partial charge in [0.05, 0.1) is 19.8 Å². The molecular formula is C28H30N4O2. The zero-order valence-corrected chi connectivity index (χ0v) is 19.9. The van der Waals surface area contributed by atoms with Crippen LogP contribution in [-0.2, 0) is 16.6 Å². The SMILES string of the molecule is [C-]#[N+]c1ccc2c(c1)CC1=C2C(=O)c2cnc(N3CCC(N4CCOCC4)CC3)cc2C1(C)C. The highest BCUT2D eigenvalue weighted by atomic mass is 16.5. The number of anilines is 1. The van der Waals surface area contributed by atoms with Crippen molar-refractivity contribution in [2.45, 2.75) is 44.6 Å². The summed E-state index contributed by atoms with van der Waals surface area (Å²) < 4.78 is 5.52. The maximum Gasteiger partial charge on any atom is 0.195 e. The fourth-order valence-corrected chi connectivity index (χ4v) is 6.29. The van der Waals surface area contributed by atoms with Gasteiger partial charge >= 0.3 is 0 Å². The van der Waals surface area contributed by atoms with E-state index in [1.165, 1.54) is 5.57 Å². The molecule has 0 bridgehead atoms. The van der Waals surface area contributed by atoms with Crippen molar-refractivity contribution in [1.82, 2.24) is 9.88 Å². The molecule has 3 heterocycles. The topological polar surface area (TPSA) is 50.0 Å². The number of carbonyl (C=O) groups is 1. The molecule has 0 atom stereocenters. The van der Waals surface area contributed by atoms with Gasteiger partial charge in [0.2, 0.25) is 0 Å². The molecule has 2 fully saturated rings. The minimum absolute atomic E-state index is 0.0729. The van der Waals surface area contributed by atoms with Crippen LogP contribution >= 0.6 is 0 Å². The number of ether oxygens (including phenoxy) is 1. The summed E-state index contributed by atoms with van der Waals surface area (Å²) in [5, 5.41) is 0. The third kappa shape index (κ3) is 3.30. The lowest BCUT2D eigenvalue weighted by Gasteiger charge is -2.41. The van der Waals surface area contributed by atoms with Crippen LogP contribution in [0.15, 0.2) is 36.0 Å². The molecule has 2 aliphatic heterocycles. The molecule has 1 aromatic carbocycles. The third-order valence-corrected chi connectivity index (χ3v) is 8.30. The molecule has 2 saturated heterocycles. The van der Waals surface area contributed by atoms with Crippen molar-refractivity contribution in [3.8, 4) is 0 Å². The average molecular weight is 455 g/mol. The standard InChI is InChI=1S/C28H30N4O2/c1-28(2)23-16-25(32-8-6-20(7-9-32)31-10-12-34-13-11-31)30-17-22(23)27(33)26-21-5-4-19(29-3)14-18(21)15-24(26)28/h4-5,14,16-17,20H,6-13,15H2,1-2H3. The lowest BCUT2D eigenvalue weighted by molar-refractivity contribution is 0.0115. The Labute approximate surface area is 201 Å². The van der Waals surface area contributed by atoms with Gasteiger partial charge in [-0.15, -0.1) is 0 Å². The van der Waals surface area contributed by atoms with E-state index in [0.717, 1.165) is 92.3 Å². The molecule has 0 N–H and O–H groups in total. The van der Waals surface area contributed by atoms with Gasteiger partial charge in [0.1, 0.15) is 5.82 Å². The predicted molar refractivity (Wildman–Crippen MR) is 133 cm³/mol. The highest BCUT2D eigenvalue weighted by Crippen LogP contribution is 2.50. The minimum Gasteiger partial charge on any atom is -0.379 e. The maximum absolute atomic E-state index is 13.6. The van der Waals surface area contributed by atoms with Crippen LogP contribution in [0.2, 0.25) is 0 Å². The van der Waals surface area contributed by atoms with E-state index in [1.54, 1.807) is 6.20 Å². The van der Waals surface area contributed by atoms with Gasteiger partial charge in [0.25, 0.3) is 0 Å². The molecule has 2 aliphatic carbocycles. The van der Waals surface area contributed by atoms with E-state index in [1.807, 2.05) is 18.2 Å². The van der Waals surface area contributed by atoms with Crippen molar-refractivity contribution in [1.29, 1.82) is 0 Å². The molecule has 4 aliphatic rings. The van der Waals surface area contributed by atoms with Crippen molar-refractivity contribution >= 4 is 22.9 Å². The van der Waals surface area contributed by atoms with Gasteiger partial charge in [-0.2, -0.15) is 0 Å². The summed E-state index contributed by atoms with van der Waals surface area (Å²) >= 11 is 0. The normalized spacial score (nSPS) is 22.3. The lowest BCUT2D eigenvalue weighted by atomic mass is 9.69. The number of nitrogens with zero attached hydrogens (tertiary/aromatic N) is 4. The lowest BCUT2D eigenvalue weighted by Crippen LogP contribution is -2.49. The summed E-state index contributed by atoms with van der Waals surface area (Å²) in [6.07, 6.45) is 4.80. The molecule has 174 valence electrons. The number of allylic oxidation sites excluding steroid dienone is 2. The Bertz CT molecular complexity index is 1240. The first-order valence-electron chi connectivity index (χ1n) is 12.3. The quantitative estimate of drug-likeness (QED) is 0.629. The van der Waals surface area contributed by atoms with Crippen LogP contribution in [0, 0.1) is 6.57 Å².